The van der Waals surface area contributed by atoms with Crippen molar-refractivity contribution in [2.45, 2.75) is 50.4 Å². The highest BCUT2D eigenvalue weighted by molar-refractivity contribution is 6.31. The van der Waals surface area contributed by atoms with Crippen LogP contribution in [0.4, 0.5) is 19.2 Å². The molecule has 1 aromatic carbocycles. The summed E-state index contributed by atoms with van der Waals surface area (Å²) in [4.78, 5) is 23.4. The zero-order chi connectivity index (χ0) is 24.2. The topological polar surface area (TPSA) is 94.5 Å². The standard InChI is InChI=1S/C23H22ClF3N4O3/c1-11-19-13(6-14(8-16(19)24)23(25,26)27)2-4-31(11)21(32)18-7-12(3-5-33-18)15-9-29-10-17-20(15)34-22(28)30-17/h6,8-12,18H,2-5,7H2,1H3,(H2,28,30)/t11-,12+,18+/m0/s1. The van der Waals surface area contributed by atoms with Gasteiger partial charge in [0.05, 0.1) is 17.8 Å². The van der Waals surface area contributed by atoms with Gasteiger partial charge in [-0.05, 0) is 55.4 Å². The second-order valence-corrected chi connectivity index (χ2v) is 9.10. The highest BCUT2D eigenvalue weighted by Crippen LogP contribution is 2.41. The molecule has 0 unspecified atom stereocenters. The van der Waals surface area contributed by atoms with E-state index in [4.69, 9.17) is 26.5 Å². The maximum atomic E-state index is 13.5. The van der Waals surface area contributed by atoms with Crippen molar-refractivity contribution >= 4 is 34.6 Å². The number of nitrogens with zero attached hydrogens (tertiary/aromatic N) is 3. The molecule has 3 atom stereocenters. The molecule has 2 aliphatic rings. The Balaban J connectivity index is 1.38. The first-order valence-corrected chi connectivity index (χ1v) is 11.3. The Labute approximate surface area is 198 Å². The zero-order valence-electron chi connectivity index (χ0n) is 18.2. The van der Waals surface area contributed by atoms with E-state index in [0.717, 1.165) is 17.7 Å². The Morgan fingerprint density at radius 1 is 1.29 bits per heavy atom. The van der Waals surface area contributed by atoms with Gasteiger partial charge in [-0.1, -0.05) is 11.6 Å². The van der Waals surface area contributed by atoms with E-state index in [9.17, 15) is 18.0 Å². The van der Waals surface area contributed by atoms with Crippen LogP contribution in [0.2, 0.25) is 5.02 Å². The number of rotatable bonds is 2. The maximum Gasteiger partial charge on any atom is 0.416 e. The number of pyridine rings is 1. The van der Waals surface area contributed by atoms with Gasteiger partial charge < -0.3 is 19.8 Å². The van der Waals surface area contributed by atoms with Gasteiger partial charge in [-0.3, -0.25) is 9.78 Å². The third kappa shape index (κ3) is 3.98. The van der Waals surface area contributed by atoms with Crippen LogP contribution < -0.4 is 5.73 Å². The lowest BCUT2D eigenvalue weighted by atomic mass is 9.87. The second kappa shape index (κ2) is 8.42. The molecular weight excluding hydrogens is 473 g/mol. The third-order valence-corrected chi connectivity index (χ3v) is 6.99. The van der Waals surface area contributed by atoms with Gasteiger partial charge in [0.25, 0.3) is 11.9 Å². The van der Waals surface area contributed by atoms with Crippen LogP contribution in [0, 0.1) is 0 Å². The Hall–Kier alpha value is -2.85. The summed E-state index contributed by atoms with van der Waals surface area (Å²) in [5.41, 5.74) is 7.91. The predicted octanol–water partition coefficient (Wildman–Crippen LogP) is 4.89. The summed E-state index contributed by atoms with van der Waals surface area (Å²) in [6.45, 7) is 2.43. The van der Waals surface area contributed by atoms with Crippen LogP contribution in [0.15, 0.2) is 28.9 Å². The van der Waals surface area contributed by atoms with Crippen molar-refractivity contribution in [1.29, 1.82) is 0 Å². The smallest absolute Gasteiger partial charge is 0.416 e. The third-order valence-electron chi connectivity index (χ3n) is 6.67. The van der Waals surface area contributed by atoms with Crippen molar-refractivity contribution in [3.63, 3.8) is 0 Å². The van der Waals surface area contributed by atoms with Crippen LogP contribution in [0.3, 0.4) is 0 Å². The van der Waals surface area contributed by atoms with Gasteiger partial charge in [-0.25, -0.2) is 0 Å². The number of ether oxygens (including phenoxy) is 1. The summed E-state index contributed by atoms with van der Waals surface area (Å²) < 4.78 is 51.0. The molecule has 0 spiro atoms. The van der Waals surface area contributed by atoms with Gasteiger partial charge >= 0.3 is 6.18 Å². The maximum absolute atomic E-state index is 13.5. The molecule has 0 aliphatic carbocycles. The summed E-state index contributed by atoms with van der Waals surface area (Å²) in [7, 11) is 0. The lowest BCUT2D eigenvalue weighted by Gasteiger charge is -2.39. The van der Waals surface area contributed by atoms with Crippen LogP contribution in [0.5, 0.6) is 0 Å². The highest BCUT2D eigenvalue weighted by Gasteiger charge is 2.39. The molecule has 5 rings (SSSR count). The van der Waals surface area contributed by atoms with Gasteiger partial charge in [0.15, 0.2) is 5.58 Å². The number of benzene rings is 1. The predicted molar refractivity (Wildman–Crippen MR) is 118 cm³/mol. The molecule has 4 heterocycles. The van der Waals surface area contributed by atoms with Crippen molar-refractivity contribution in [2.24, 2.45) is 0 Å². The van der Waals surface area contributed by atoms with Crippen molar-refractivity contribution in [3.05, 3.63) is 51.8 Å². The van der Waals surface area contributed by atoms with Gasteiger partial charge in [-0.2, -0.15) is 18.2 Å². The molecule has 1 amide bonds. The average Bonchev–Trinajstić information content (AvgIpc) is 3.18. The Morgan fingerprint density at radius 3 is 2.85 bits per heavy atom. The summed E-state index contributed by atoms with van der Waals surface area (Å²) >= 11 is 6.26. The van der Waals surface area contributed by atoms with E-state index >= 15 is 0 Å². The number of alkyl halides is 3. The largest absolute Gasteiger partial charge is 0.423 e. The minimum absolute atomic E-state index is 0.0120. The Kier molecular flexibility index (Phi) is 5.68. The van der Waals surface area contributed by atoms with Gasteiger partial charge in [0.2, 0.25) is 0 Å². The molecule has 180 valence electrons. The SMILES string of the molecule is C[C@H]1c2c(Cl)cc(C(F)(F)F)cc2CCN1C(=O)[C@H]1C[C@H](c2cncc3nc(N)oc23)CCO1. The van der Waals surface area contributed by atoms with E-state index in [0.29, 0.717) is 41.7 Å². The number of anilines is 1. The molecule has 0 bridgehead atoms. The summed E-state index contributed by atoms with van der Waals surface area (Å²) in [6.07, 6.45) is -0.542. The summed E-state index contributed by atoms with van der Waals surface area (Å²) in [5.74, 6) is -0.257. The fourth-order valence-electron chi connectivity index (χ4n) is 5.02. The molecule has 1 fully saturated rings. The first-order chi connectivity index (χ1) is 16.1. The van der Waals surface area contributed by atoms with Crippen molar-refractivity contribution in [1.82, 2.24) is 14.9 Å². The molecule has 1 saturated heterocycles. The molecule has 3 aromatic rings. The number of carbonyl (C=O) groups excluding carboxylic acids is 1. The fraction of sp³-hybridized carbons (Fsp3) is 0.435. The number of oxazole rings is 1. The van der Waals surface area contributed by atoms with Crippen LogP contribution in [-0.2, 0) is 22.1 Å². The number of fused-ring (bicyclic) bond motifs is 2. The molecule has 2 N–H and O–H groups in total. The van der Waals surface area contributed by atoms with E-state index < -0.39 is 23.9 Å². The average molecular weight is 495 g/mol. The van der Waals surface area contributed by atoms with Gasteiger partial charge in [0, 0.05) is 29.9 Å². The fourth-order valence-corrected chi connectivity index (χ4v) is 5.42. The second-order valence-electron chi connectivity index (χ2n) is 8.70. The van der Waals surface area contributed by atoms with Crippen LogP contribution >= 0.6 is 11.6 Å². The lowest BCUT2D eigenvalue weighted by Crippen LogP contribution is -2.47. The van der Waals surface area contributed by atoms with Crippen molar-refractivity contribution in [3.8, 4) is 0 Å². The molecule has 11 heteroatoms. The number of nitrogen functional groups attached to an aromatic ring is 1. The molecule has 34 heavy (non-hydrogen) atoms. The van der Waals surface area contributed by atoms with Crippen LogP contribution in [-0.4, -0.2) is 40.0 Å². The summed E-state index contributed by atoms with van der Waals surface area (Å²) in [6, 6.07) is 1.63. The van der Waals surface area contributed by atoms with Crippen molar-refractivity contribution in [2.75, 3.05) is 18.9 Å². The van der Waals surface area contributed by atoms with E-state index in [1.54, 1.807) is 24.2 Å². The minimum atomic E-state index is -4.48. The molecule has 2 aromatic heterocycles. The summed E-state index contributed by atoms with van der Waals surface area (Å²) in [5, 5.41) is 0.0120. The number of hydrogen-bond donors (Lipinski definition) is 1. The van der Waals surface area contributed by atoms with E-state index in [2.05, 4.69) is 9.97 Å². The molecule has 0 saturated carbocycles. The van der Waals surface area contributed by atoms with E-state index in [1.165, 1.54) is 0 Å². The van der Waals surface area contributed by atoms with Crippen LogP contribution in [0.25, 0.3) is 11.1 Å². The zero-order valence-corrected chi connectivity index (χ0v) is 19.0. The number of aromatic nitrogens is 2. The molecular formula is C23H22ClF3N4O3. The Morgan fingerprint density at radius 2 is 2.09 bits per heavy atom. The monoisotopic (exact) mass is 494 g/mol. The first-order valence-electron chi connectivity index (χ1n) is 10.9. The van der Waals surface area contributed by atoms with Gasteiger partial charge in [0.1, 0.15) is 11.6 Å². The van der Waals surface area contributed by atoms with Gasteiger partial charge in [-0.15, -0.1) is 0 Å². The normalized spacial score (nSPS) is 23.2. The minimum Gasteiger partial charge on any atom is -0.423 e. The number of carbonyl (C=O) groups is 1. The molecule has 7 nitrogen and oxygen atoms in total. The highest BCUT2D eigenvalue weighted by atomic mass is 35.5. The van der Waals surface area contributed by atoms with E-state index in [1.807, 2.05) is 0 Å². The molecule has 2 aliphatic heterocycles. The number of nitrogens with two attached hydrogens (primary N) is 1. The number of hydrogen-bond acceptors (Lipinski definition) is 6. The first kappa shape index (κ1) is 22.9. The van der Waals surface area contributed by atoms with E-state index in [-0.39, 0.29) is 35.8 Å². The van der Waals surface area contributed by atoms with Crippen molar-refractivity contribution < 1.29 is 27.1 Å². The number of halogens is 4. The Bertz CT molecular complexity index is 1260. The molecule has 0 radical (unpaired) electrons. The lowest BCUT2D eigenvalue weighted by molar-refractivity contribution is -0.150. The van der Waals surface area contributed by atoms with Crippen LogP contribution in [0.1, 0.15) is 54.0 Å². The number of amides is 1. The quantitative estimate of drug-likeness (QED) is 0.545.